The van der Waals surface area contributed by atoms with E-state index in [4.69, 9.17) is 5.26 Å². The van der Waals surface area contributed by atoms with Crippen LogP contribution in [-0.2, 0) is 0 Å². The van der Waals surface area contributed by atoms with Gasteiger partial charge >= 0.3 is 0 Å². The van der Waals surface area contributed by atoms with Crippen molar-refractivity contribution >= 4 is 0 Å². The van der Waals surface area contributed by atoms with Crippen molar-refractivity contribution in [2.75, 3.05) is 13.6 Å². The normalized spacial score (nSPS) is 15.1. The summed E-state index contributed by atoms with van der Waals surface area (Å²) in [6.07, 6.45) is 5.11. The molecule has 2 atom stereocenters. The Hall–Kier alpha value is -0.550. The fraction of sp³-hybridized carbons (Fsp3) is 0.917. The Morgan fingerprint density at radius 2 is 2.00 bits per heavy atom. The van der Waals surface area contributed by atoms with E-state index in [1.165, 1.54) is 25.7 Å². The first kappa shape index (κ1) is 13.4. The standard InChI is InChI=1S/C12H24N2/c1-5-7-8-12(6-2)10-14(4)11(3)9-13/h11-12H,5-8,10H2,1-4H3. The van der Waals surface area contributed by atoms with Gasteiger partial charge in [0.25, 0.3) is 0 Å². The van der Waals surface area contributed by atoms with Crippen molar-refractivity contribution in [3.05, 3.63) is 0 Å². The molecule has 0 rings (SSSR count). The largest absolute Gasteiger partial charge is 0.291 e. The number of unbranched alkanes of at least 4 members (excludes halogenated alkanes) is 1. The molecule has 0 aliphatic carbocycles. The van der Waals surface area contributed by atoms with Gasteiger partial charge in [-0.2, -0.15) is 5.26 Å². The maximum absolute atomic E-state index is 8.78. The molecule has 2 heteroatoms. The third-order valence-electron chi connectivity index (χ3n) is 2.94. The molecule has 82 valence electrons. The van der Waals surface area contributed by atoms with Crippen LogP contribution < -0.4 is 0 Å². The molecule has 0 radical (unpaired) electrons. The maximum atomic E-state index is 8.78. The highest BCUT2D eigenvalue weighted by atomic mass is 15.1. The summed E-state index contributed by atoms with van der Waals surface area (Å²) in [5.41, 5.74) is 0. The van der Waals surface area contributed by atoms with Crippen LogP contribution in [0, 0.1) is 17.2 Å². The molecular formula is C12H24N2. The molecule has 0 N–H and O–H groups in total. The van der Waals surface area contributed by atoms with E-state index in [0.717, 1.165) is 12.5 Å². The second-order valence-corrected chi connectivity index (χ2v) is 4.16. The molecule has 0 aromatic rings. The van der Waals surface area contributed by atoms with Gasteiger partial charge in [0.1, 0.15) is 0 Å². The van der Waals surface area contributed by atoms with Crippen LogP contribution in [0.25, 0.3) is 0 Å². The number of nitriles is 1. The first-order chi connectivity index (χ1) is 6.65. The Kier molecular flexibility index (Phi) is 7.51. The highest BCUT2D eigenvalue weighted by molar-refractivity contribution is 4.86. The summed E-state index contributed by atoms with van der Waals surface area (Å²) in [6.45, 7) is 7.50. The first-order valence-electron chi connectivity index (χ1n) is 5.75. The molecule has 0 aromatic heterocycles. The minimum Gasteiger partial charge on any atom is -0.291 e. The van der Waals surface area contributed by atoms with E-state index < -0.39 is 0 Å². The van der Waals surface area contributed by atoms with E-state index >= 15 is 0 Å². The zero-order valence-corrected chi connectivity index (χ0v) is 10.1. The molecule has 2 nitrogen and oxygen atoms in total. The lowest BCUT2D eigenvalue weighted by molar-refractivity contribution is 0.238. The second kappa shape index (κ2) is 7.82. The molecule has 0 heterocycles. The molecule has 0 saturated heterocycles. The Morgan fingerprint density at radius 1 is 1.36 bits per heavy atom. The molecule has 0 aromatic carbocycles. The lowest BCUT2D eigenvalue weighted by Crippen LogP contribution is -2.32. The smallest absolute Gasteiger partial charge is 0.0946 e. The first-order valence-corrected chi connectivity index (χ1v) is 5.75. The third kappa shape index (κ3) is 5.24. The van der Waals surface area contributed by atoms with E-state index in [2.05, 4.69) is 24.8 Å². The van der Waals surface area contributed by atoms with Crippen LogP contribution in [0.1, 0.15) is 46.5 Å². The molecule has 0 spiro atoms. The van der Waals surface area contributed by atoms with Crippen molar-refractivity contribution in [2.45, 2.75) is 52.5 Å². The predicted octanol–water partition coefficient (Wildman–Crippen LogP) is 3.05. The zero-order valence-electron chi connectivity index (χ0n) is 10.1. The molecule has 0 aliphatic heterocycles. The lowest BCUT2D eigenvalue weighted by Gasteiger charge is -2.24. The number of hydrogen-bond acceptors (Lipinski definition) is 2. The summed E-state index contributed by atoms with van der Waals surface area (Å²) in [5.74, 6) is 0.760. The van der Waals surface area contributed by atoms with Crippen molar-refractivity contribution in [2.24, 2.45) is 5.92 Å². The van der Waals surface area contributed by atoms with Crippen molar-refractivity contribution in [1.29, 1.82) is 5.26 Å². The average Bonchev–Trinajstić information content (AvgIpc) is 2.22. The Balaban J connectivity index is 3.86. The summed E-state index contributed by atoms with van der Waals surface area (Å²) in [7, 11) is 2.04. The van der Waals surface area contributed by atoms with Crippen molar-refractivity contribution in [1.82, 2.24) is 4.90 Å². The topological polar surface area (TPSA) is 27.0 Å². The molecule has 0 saturated carbocycles. The summed E-state index contributed by atoms with van der Waals surface area (Å²) < 4.78 is 0. The molecule has 14 heavy (non-hydrogen) atoms. The predicted molar refractivity (Wildman–Crippen MR) is 61.0 cm³/mol. The SMILES string of the molecule is CCCCC(CC)CN(C)C(C)C#N. The third-order valence-corrected chi connectivity index (χ3v) is 2.94. The van der Waals surface area contributed by atoms with E-state index in [0.29, 0.717) is 0 Å². The molecule has 0 fully saturated rings. The van der Waals surface area contributed by atoms with Gasteiger partial charge in [-0.25, -0.2) is 0 Å². The van der Waals surface area contributed by atoms with Crippen LogP contribution in [0.4, 0.5) is 0 Å². The highest BCUT2D eigenvalue weighted by Crippen LogP contribution is 2.14. The quantitative estimate of drug-likeness (QED) is 0.626. The van der Waals surface area contributed by atoms with Crippen LogP contribution >= 0.6 is 0 Å². The second-order valence-electron chi connectivity index (χ2n) is 4.16. The van der Waals surface area contributed by atoms with Gasteiger partial charge in [-0.3, -0.25) is 4.90 Å². The molecule has 0 bridgehead atoms. The van der Waals surface area contributed by atoms with Crippen LogP contribution in [0.5, 0.6) is 0 Å². The fourth-order valence-corrected chi connectivity index (χ4v) is 1.58. The monoisotopic (exact) mass is 196 g/mol. The van der Waals surface area contributed by atoms with Crippen LogP contribution in [0.15, 0.2) is 0 Å². The van der Waals surface area contributed by atoms with Gasteiger partial charge in [-0.1, -0.05) is 33.1 Å². The van der Waals surface area contributed by atoms with E-state index in [9.17, 15) is 0 Å². The van der Waals surface area contributed by atoms with Gasteiger partial charge in [-0.15, -0.1) is 0 Å². The summed E-state index contributed by atoms with van der Waals surface area (Å²) in [5, 5.41) is 8.78. The van der Waals surface area contributed by atoms with Crippen molar-refractivity contribution < 1.29 is 0 Å². The number of rotatable bonds is 7. The van der Waals surface area contributed by atoms with Gasteiger partial charge in [-0.05, 0) is 26.3 Å². The van der Waals surface area contributed by atoms with Gasteiger partial charge in [0.2, 0.25) is 0 Å². The lowest BCUT2D eigenvalue weighted by atomic mass is 9.98. The fourth-order valence-electron chi connectivity index (χ4n) is 1.58. The molecule has 2 unspecified atom stereocenters. The average molecular weight is 196 g/mol. The van der Waals surface area contributed by atoms with Gasteiger partial charge in [0, 0.05) is 6.54 Å². The minimum atomic E-state index is 0.0469. The van der Waals surface area contributed by atoms with Gasteiger partial charge in [0.15, 0.2) is 0 Å². The Bertz CT molecular complexity index is 172. The van der Waals surface area contributed by atoms with Gasteiger partial charge < -0.3 is 0 Å². The maximum Gasteiger partial charge on any atom is 0.0946 e. The molecular weight excluding hydrogens is 172 g/mol. The number of hydrogen-bond donors (Lipinski definition) is 0. The van der Waals surface area contributed by atoms with E-state index in [-0.39, 0.29) is 6.04 Å². The summed E-state index contributed by atoms with van der Waals surface area (Å²) in [4.78, 5) is 2.16. The van der Waals surface area contributed by atoms with Crippen molar-refractivity contribution in [3.63, 3.8) is 0 Å². The van der Waals surface area contributed by atoms with Gasteiger partial charge in [0.05, 0.1) is 12.1 Å². The zero-order chi connectivity index (χ0) is 11.0. The Labute approximate surface area is 88.9 Å². The van der Waals surface area contributed by atoms with E-state index in [1.54, 1.807) is 0 Å². The van der Waals surface area contributed by atoms with E-state index in [1.807, 2.05) is 14.0 Å². The van der Waals surface area contributed by atoms with Crippen LogP contribution in [0.2, 0.25) is 0 Å². The number of nitrogens with zero attached hydrogens (tertiary/aromatic N) is 2. The summed E-state index contributed by atoms with van der Waals surface area (Å²) in [6, 6.07) is 2.32. The highest BCUT2D eigenvalue weighted by Gasteiger charge is 2.13. The van der Waals surface area contributed by atoms with Crippen LogP contribution in [0.3, 0.4) is 0 Å². The van der Waals surface area contributed by atoms with Crippen LogP contribution in [-0.4, -0.2) is 24.5 Å². The molecule has 0 amide bonds. The minimum absolute atomic E-state index is 0.0469. The summed E-state index contributed by atoms with van der Waals surface area (Å²) >= 11 is 0. The van der Waals surface area contributed by atoms with Crippen molar-refractivity contribution in [3.8, 4) is 6.07 Å². The molecule has 0 aliphatic rings. The Morgan fingerprint density at radius 3 is 2.43 bits per heavy atom.